The molecule has 2 aromatic rings. The summed E-state index contributed by atoms with van der Waals surface area (Å²) in [7, 11) is 3.96. The average Bonchev–Trinajstić information content (AvgIpc) is 2.84. The molecule has 1 fully saturated rings. The van der Waals surface area contributed by atoms with Crippen molar-refractivity contribution >= 4 is 17.7 Å². The van der Waals surface area contributed by atoms with Gasteiger partial charge >= 0.3 is 6.09 Å². The van der Waals surface area contributed by atoms with Gasteiger partial charge in [0.1, 0.15) is 0 Å². The van der Waals surface area contributed by atoms with E-state index in [4.69, 9.17) is 4.74 Å². The number of hydrogen-bond acceptors (Lipinski definition) is 5. The first-order chi connectivity index (χ1) is 16.8. The third-order valence-corrected chi connectivity index (χ3v) is 7.30. The van der Waals surface area contributed by atoms with Gasteiger partial charge in [-0.05, 0) is 61.7 Å². The smallest absolute Gasteiger partial charge is 0.410 e. The molecular formula is C28H38N4O3. The molecule has 2 aliphatic rings. The third-order valence-electron chi connectivity index (χ3n) is 7.30. The quantitative estimate of drug-likeness (QED) is 0.639. The summed E-state index contributed by atoms with van der Waals surface area (Å²) in [4.78, 5) is 33.4. The van der Waals surface area contributed by atoms with Crippen molar-refractivity contribution in [1.82, 2.24) is 14.7 Å². The Kier molecular flexibility index (Phi) is 7.77. The largest absolute Gasteiger partial charge is 0.450 e. The number of amides is 2. The summed E-state index contributed by atoms with van der Waals surface area (Å²) < 4.78 is 5.28. The number of fused-ring (bicyclic) bond motifs is 1. The van der Waals surface area contributed by atoms with E-state index in [-0.39, 0.29) is 24.1 Å². The summed E-state index contributed by atoms with van der Waals surface area (Å²) in [6.45, 7) is 11.2. The molecule has 2 aliphatic heterocycles. The van der Waals surface area contributed by atoms with Gasteiger partial charge in [-0.15, -0.1) is 0 Å². The number of nitrogens with zero attached hydrogens (tertiary/aromatic N) is 4. The van der Waals surface area contributed by atoms with Gasteiger partial charge in [0.25, 0.3) is 0 Å². The zero-order valence-corrected chi connectivity index (χ0v) is 21.7. The van der Waals surface area contributed by atoms with Crippen molar-refractivity contribution in [3.8, 4) is 11.1 Å². The van der Waals surface area contributed by atoms with Crippen LogP contribution >= 0.6 is 0 Å². The molecule has 0 bridgehead atoms. The van der Waals surface area contributed by atoms with E-state index in [1.165, 1.54) is 5.56 Å². The highest BCUT2D eigenvalue weighted by atomic mass is 16.6. The maximum atomic E-state index is 12.6. The normalized spacial score (nSPS) is 20.9. The van der Waals surface area contributed by atoms with Gasteiger partial charge in [-0.1, -0.05) is 30.3 Å². The standard InChI is InChI=1S/C28H38N4O3/c1-6-35-28(34)30(5)27-17-20(2)32(21(3)33)26-12-11-24(18-25(26)27)23-9-7-22(8-10-23)19-31-15-13-29(4)14-16-31/h7-12,18,20,27H,6,13-17,19H2,1-5H3/t20-,27+/m1/s1. The van der Waals surface area contributed by atoms with E-state index in [0.29, 0.717) is 13.0 Å². The number of carbonyl (C=O) groups is 2. The first kappa shape index (κ1) is 25.2. The number of benzene rings is 2. The van der Waals surface area contributed by atoms with Gasteiger partial charge in [-0.25, -0.2) is 4.79 Å². The summed E-state index contributed by atoms with van der Waals surface area (Å²) in [5.41, 5.74) is 5.36. The molecule has 7 nitrogen and oxygen atoms in total. The van der Waals surface area contributed by atoms with Gasteiger partial charge in [-0.2, -0.15) is 0 Å². The molecule has 188 valence electrons. The monoisotopic (exact) mass is 478 g/mol. The first-order valence-electron chi connectivity index (χ1n) is 12.6. The molecule has 7 heteroatoms. The minimum atomic E-state index is -0.342. The van der Waals surface area contributed by atoms with Crippen LogP contribution in [-0.4, -0.2) is 79.6 Å². The summed E-state index contributed by atoms with van der Waals surface area (Å²) in [6, 6.07) is 14.8. The summed E-state index contributed by atoms with van der Waals surface area (Å²) in [5.74, 6) is 0.0111. The molecule has 0 radical (unpaired) electrons. The molecule has 2 atom stereocenters. The first-order valence-corrected chi connectivity index (χ1v) is 12.6. The second-order valence-corrected chi connectivity index (χ2v) is 9.85. The highest BCUT2D eigenvalue weighted by Gasteiger charge is 2.36. The molecule has 2 heterocycles. The van der Waals surface area contributed by atoms with Crippen molar-refractivity contribution in [3.63, 3.8) is 0 Å². The fraction of sp³-hybridized carbons (Fsp3) is 0.500. The Morgan fingerprint density at radius 1 is 1.03 bits per heavy atom. The SMILES string of the molecule is CCOC(=O)N(C)[C@H]1C[C@@H](C)N(C(C)=O)c2ccc(-c3ccc(CN4CCN(C)CC4)cc3)cc21. The minimum Gasteiger partial charge on any atom is -0.450 e. The number of carbonyl (C=O) groups excluding carboxylic acids is 2. The molecule has 0 unspecified atom stereocenters. The summed E-state index contributed by atoms with van der Waals surface area (Å²) >= 11 is 0. The second-order valence-electron chi connectivity index (χ2n) is 9.85. The zero-order valence-electron chi connectivity index (χ0n) is 21.7. The van der Waals surface area contributed by atoms with Crippen LogP contribution in [0.2, 0.25) is 0 Å². The molecular weight excluding hydrogens is 440 g/mol. The topological polar surface area (TPSA) is 56.3 Å². The van der Waals surface area contributed by atoms with Crippen molar-refractivity contribution < 1.29 is 14.3 Å². The lowest BCUT2D eigenvalue weighted by Crippen LogP contribution is -2.46. The zero-order chi connectivity index (χ0) is 25.1. The summed E-state index contributed by atoms with van der Waals surface area (Å²) in [6.07, 6.45) is 0.320. The van der Waals surface area contributed by atoms with Gasteiger partial charge in [-0.3, -0.25) is 9.69 Å². The fourth-order valence-electron chi connectivity index (χ4n) is 5.28. The Morgan fingerprint density at radius 3 is 2.31 bits per heavy atom. The molecule has 0 N–H and O–H groups in total. The van der Waals surface area contributed by atoms with Crippen molar-refractivity contribution in [3.05, 3.63) is 53.6 Å². The van der Waals surface area contributed by atoms with Crippen LogP contribution in [0.25, 0.3) is 11.1 Å². The predicted molar refractivity (Wildman–Crippen MR) is 139 cm³/mol. The van der Waals surface area contributed by atoms with Crippen LogP contribution in [0.1, 0.15) is 44.4 Å². The van der Waals surface area contributed by atoms with Crippen LogP contribution in [0.4, 0.5) is 10.5 Å². The molecule has 35 heavy (non-hydrogen) atoms. The second kappa shape index (κ2) is 10.8. The maximum Gasteiger partial charge on any atom is 0.410 e. The van der Waals surface area contributed by atoms with Crippen molar-refractivity contribution in [2.24, 2.45) is 0 Å². The number of ether oxygens (including phenoxy) is 1. The van der Waals surface area contributed by atoms with Crippen molar-refractivity contribution in [2.75, 3.05) is 51.8 Å². The van der Waals surface area contributed by atoms with Crippen LogP contribution in [0.15, 0.2) is 42.5 Å². The van der Waals surface area contributed by atoms with Gasteiger partial charge in [0.2, 0.25) is 5.91 Å². The Morgan fingerprint density at radius 2 is 1.69 bits per heavy atom. The van der Waals surface area contributed by atoms with E-state index >= 15 is 0 Å². The maximum absolute atomic E-state index is 12.6. The average molecular weight is 479 g/mol. The number of piperazine rings is 1. The van der Waals surface area contributed by atoms with E-state index < -0.39 is 0 Å². The molecule has 0 aromatic heterocycles. The lowest BCUT2D eigenvalue weighted by atomic mass is 9.88. The molecule has 4 rings (SSSR count). The highest BCUT2D eigenvalue weighted by Crippen LogP contribution is 2.42. The Labute approximate surface area is 209 Å². The van der Waals surface area contributed by atoms with E-state index in [9.17, 15) is 9.59 Å². The molecule has 2 aromatic carbocycles. The Bertz CT molecular complexity index is 1050. The van der Waals surface area contributed by atoms with Crippen LogP contribution in [0, 0.1) is 0 Å². The van der Waals surface area contributed by atoms with Crippen LogP contribution < -0.4 is 4.90 Å². The lowest BCUT2D eigenvalue weighted by Gasteiger charge is -2.42. The number of rotatable bonds is 5. The third kappa shape index (κ3) is 5.52. The minimum absolute atomic E-state index is 0.0111. The molecule has 1 saturated heterocycles. The Balaban J connectivity index is 1.61. The van der Waals surface area contributed by atoms with E-state index in [0.717, 1.165) is 55.1 Å². The highest BCUT2D eigenvalue weighted by molar-refractivity contribution is 5.94. The predicted octanol–water partition coefficient (Wildman–Crippen LogP) is 4.38. The number of anilines is 1. The fourth-order valence-corrected chi connectivity index (χ4v) is 5.28. The Hall–Kier alpha value is -2.90. The number of likely N-dealkylation sites (N-methyl/N-ethyl adjacent to an activating group) is 1. The van der Waals surface area contributed by atoms with Gasteiger partial charge in [0.15, 0.2) is 0 Å². The van der Waals surface area contributed by atoms with Crippen LogP contribution in [0.3, 0.4) is 0 Å². The molecule has 0 saturated carbocycles. The van der Waals surface area contributed by atoms with Crippen molar-refractivity contribution in [1.29, 1.82) is 0 Å². The van der Waals surface area contributed by atoms with E-state index in [1.54, 1.807) is 18.9 Å². The van der Waals surface area contributed by atoms with E-state index in [2.05, 4.69) is 53.2 Å². The van der Waals surface area contributed by atoms with Gasteiger partial charge in [0.05, 0.1) is 12.6 Å². The van der Waals surface area contributed by atoms with Crippen LogP contribution in [0.5, 0.6) is 0 Å². The molecule has 0 aliphatic carbocycles. The summed E-state index contributed by atoms with van der Waals surface area (Å²) in [5, 5.41) is 0. The van der Waals surface area contributed by atoms with Crippen LogP contribution in [-0.2, 0) is 16.1 Å². The lowest BCUT2D eigenvalue weighted by molar-refractivity contribution is -0.117. The van der Waals surface area contributed by atoms with Crippen molar-refractivity contribution in [2.45, 2.75) is 45.8 Å². The van der Waals surface area contributed by atoms with E-state index in [1.807, 2.05) is 24.8 Å². The molecule has 0 spiro atoms. The van der Waals surface area contributed by atoms with Gasteiger partial charge < -0.3 is 19.4 Å². The van der Waals surface area contributed by atoms with Gasteiger partial charge in [0, 0.05) is 58.4 Å². The number of hydrogen-bond donors (Lipinski definition) is 0. The molecule has 2 amide bonds.